The zero-order valence-electron chi connectivity index (χ0n) is 18.0. The smallest absolute Gasteiger partial charge is 0.137 e. The maximum atomic E-state index is 13.3. The molecule has 1 saturated heterocycles. The van der Waals surface area contributed by atoms with Crippen LogP contribution in [-0.4, -0.2) is 61.8 Å². The number of allylic oxidation sites excluding steroid dienone is 5. The predicted octanol–water partition coefficient (Wildman–Crippen LogP) is 4.54. The van der Waals surface area contributed by atoms with Gasteiger partial charge < -0.3 is 9.64 Å². The van der Waals surface area contributed by atoms with Crippen molar-refractivity contribution in [3.8, 4) is 6.07 Å². The molecule has 0 spiro atoms. The summed E-state index contributed by atoms with van der Waals surface area (Å²) in [6.45, 7) is 10.8. The van der Waals surface area contributed by atoms with E-state index in [1.165, 1.54) is 17.0 Å². The molecule has 0 saturated carbocycles. The van der Waals surface area contributed by atoms with E-state index in [1.54, 1.807) is 29.6 Å². The summed E-state index contributed by atoms with van der Waals surface area (Å²) in [6.07, 6.45) is 8.05. The first-order chi connectivity index (χ1) is 14.5. The van der Waals surface area contributed by atoms with Crippen molar-refractivity contribution in [3.63, 3.8) is 0 Å². The summed E-state index contributed by atoms with van der Waals surface area (Å²) in [6, 6.07) is 6.80. The molecule has 2 unspecified atom stereocenters. The van der Waals surface area contributed by atoms with E-state index in [1.807, 2.05) is 6.07 Å². The van der Waals surface area contributed by atoms with Crippen molar-refractivity contribution in [2.75, 3.05) is 45.9 Å². The Balaban J connectivity index is 1.41. The molecule has 1 aromatic rings. The van der Waals surface area contributed by atoms with Crippen LogP contribution in [0, 0.1) is 17.2 Å². The van der Waals surface area contributed by atoms with E-state index < -0.39 is 11.6 Å². The van der Waals surface area contributed by atoms with E-state index >= 15 is 0 Å². The van der Waals surface area contributed by atoms with Crippen LogP contribution in [0.25, 0.3) is 0 Å². The van der Waals surface area contributed by atoms with Crippen LogP contribution in [0.4, 0.5) is 4.39 Å². The Kier molecular flexibility index (Phi) is 8.26. The fourth-order valence-corrected chi connectivity index (χ4v) is 5.05. The van der Waals surface area contributed by atoms with Gasteiger partial charge in [0.25, 0.3) is 0 Å². The van der Waals surface area contributed by atoms with Gasteiger partial charge in [0.1, 0.15) is 18.5 Å². The lowest BCUT2D eigenvalue weighted by Crippen LogP contribution is -2.48. The van der Waals surface area contributed by atoms with Gasteiger partial charge in [-0.25, -0.2) is 4.39 Å². The van der Waals surface area contributed by atoms with Gasteiger partial charge in [0.05, 0.1) is 11.5 Å². The second-order valence-electron chi connectivity index (χ2n) is 8.25. The monoisotopic (exact) mass is 429 g/mol. The van der Waals surface area contributed by atoms with E-state index in [0.29, 0.717) is 12.4 Å². The summed E-state index contributed by atoms with van der Waals surface area (Å²) in [5, 5.41) is 12.1. The Morgan fingerprint density at radius 1 is 1.23 bits per heavy atom. The molecule has 0 bridgehead atoms. The van der Waals surface area contributed by atoms with Gasteiger partial charge in [-0.1, -0.05) is 26.0 Å². The molecule has 0 aromatic carbocycles. The topological polar surface area (TPSA) is 39.5 Å². The molecular weight excluding hydrogens is 397 g/mol. The van der Waals surface area contributed by atoms with Crippen LogP contribution >= 0.6 is 11.3 Å². The first kappa shape index (κ1) is 22.7. The Morgan fingerprint density at radius 3 is 2.60 bits per heavy atom. The molecule has 2 heterocycles. The fraction of sp³-hybridized carbons (Fsp3) is 0.542. The molecule has 1 aliphatic heterocycles. The van der Waals surface area contributed by atoms with Crippen LogP contribution in [-0.2, 0) is 10.2 Å². The minimum Gasteiger partial charge on any atom is -0.492 e. The van der Waals surface area contributed by atoms with Crippen LogP contribution in [0.1, 0.15) is 25.1 Å². The van der Waals surface area contributed by atoms with Gasteiger partial charge >= 0.3 is 0 Å². The van der Waals surface area contributed by atoms with Crippen molar-refractivity contribution in [2.24, 2.45) is 5.92 Å². The van der Waals surface area contributed by atoms with Crippen LogP contribution in [0.5, 0.6) is 0 Å². The second-order valence-corrected chi connectivity index (χ2v) is 9.20. The molecule has 0 radical (unpaired) electrons. The molecule has 2 atom stereocenters. The number of rotatable bonds is 9. The normalized spacial score (nSPS) is 22.4. The third kappa shape index (κ3) is 5.81. The average molecular weight is 430 g/mol. The standard InChI is InChI=1S/C24H32FN3OS/c1-20(2)24(19-26,23-7-4-18-30-23)10-11-27-12-14-28(15-13-27)16-17-29-22-6-3-5-21(25)8-9-22/h3-9,18,20-21H,10-17H2,1-2H3. The number of halogens is 1. The first-order valence-corrected chi connectivity index (χ1v) is 11.6. The zero-order chi connectivity index (χ0) is 21.4. The molecule has 1 fully saturated rings. The summed E-state index contributed by atoms with van der Waals surface area (Å²) in [7, 11) is 0. The number of alkyl halides is 1. The van der Waals surface area contributed by atoms with Gasteiger partial charge in [-0.15, -0.1) is 11.3 Å². The van der Waals surface area contributed by atoms with Crippen molar-refractivity contribution < 1.29 is 9.13 Å². The molecule has 3 rings (SSSR count). The molecule has 0 N–H and O–H groups in total. The lowest BCUT2D eigenvalue weighted by molar-refractivity contribution is 0.0984. The van der Waals surface area contributed by atoms with E-state index in [9.17, 15) is 9.65 Å². The highest BCUT2D eigenvalue weighted by Gasteiger charge is 2.37. The van der Waals surface area contributed by atoms with E-state index in [0.717, 1.165) is 45.7 Å². The molecule has 6 heteroatoms. The van der Waals surface area contributed by atoms with Crippen LogP contribution in [0.15, 0.2) is 53.7 Å². The van der Waals surface area contributed by atoms with Crippen molar-refractivity contribution in [2.45, 2.75) is 31.9 Å². The summed E-state index contributed by atoms with van der Waals surface area (Å²) >= 11 is 1.69. The lowest BCUT2D eigenvalue weighted by atomic mass is 9.74. The number of nitrogens with zero attached hydrogens (tertiary/aromatic N) is 3. The molecule has 4 nitrogen and oxygen atoms in total. The number of piperazine rings is 1. The van der Waals surface area contributed by atoms with Gasteiger partial charge in [0.15, 0.2) is 0 Å². The highest BCUT2D eigenvalue weighted by Crippen LogP contribution is 2.38. The van der Waals surface area contributed by atoms with Crippen LogP contribution in [0.3, 0.4) is 0 Å². The summed E-state index contributed by atoms with van der Waals surface area (Å²) < 4.78 is 19.0. The molecule has 2 aliphatic rings. The quantitative estimate of drug-likeness (QED) is 0.578. The highest BCUT2D eigenvalue weighted by atomic mass is 32.1. The Bertz CT molecular complexity index is 788. The molecule has 162 valence electrons. The number of hydrogen-bond donors (Lipinski definition) is 0. The van der Waals surface area contributed by atoms with Crippen molar-refractivity contribution in [3.05, 3.63) is 58.5 Å². The van der Waals surface area contributed by atoms with Gasteiger partial charge in [0.2, 0.25) is 0 Å². The van der Waals surface area contributed by atoms with E-state index in [-0.39, 0.29) is 5.92 Å². The molecule has 0 amide bonds. The van der Waals surface area contributed by atoms with Gasteiger partial charge in [0, 0.05) is 44.1 Å². The Morgan fingerprint density at radius 2 is 1.97 bits per heavy atom. The predicted molar refractivity (Wildman–Crippen MR) is 121 cm³/mol. The Labute approximate surface area is 183 Å². The first-order valence-electron chi connectivity index (χ1n) is 10.8. The highest BCUT2D eigenvalue weighted by molar-refractivity contribution is 7.10. The third-order valence-corrected chi connectivity index (χ3v) is 7.16. The van der Waals surface area contributed by atoms with Gasteiger partial charge in [-0.05, 0) is 48.1 Å². The number of nitriles is 1. The number of hydrogen-bond acceptors (Lipinski definition) is 5. The van der Waals surface area contributed by atoms with E-state index in [2.05, 4.69) is 41.2 Å². The molecule has 30 heavy (non-hydrogen) atoms. The van der Waals surface area contributed by atoms with Crippen molar-refractivity contribution >= 4 is 11.3 Å². The maximum absolute atomic E-state index is 13.3. The van der Waals surface area contributed by atoms with Crippen LogP contribution < -0.4 is 0 Å². The van der Waals surface area contributed by atoms with Gasteiger partial charge in [-0.2, -0.15) is 5.26 Å². The maximum Gasteiger partial charge on any atom is 0.137 e. The average Bonchev–Trinajstić information content (AvgIpc) is 3.20. The SMILES string of the molecule is CC(C)C(C#N)(CCN1CCN(CCOC2=CC=CC(F)C=C2)CC1)c1cccs1. The molecule has 1 aromatic heterocycles. The summed E-state index contributed by atoms with van der Waals surface area (Å²) in [5.41, 5.74) is -0.397. The molecular formula is C24H32FN3OS. The Hall–Kier alpha value is -1.94. The number of thiophene rings is 1. The second kappa shape index (κ2) is 10.9. The fourth-order valence-electron chi connectivity index (χ4n) is 3.99. The molecule has 1 aliphatic carbocycles. The minimum absolute atomic E-state index is 0.287. The summed E-state index contributed by atoms with van der Waals surface area (Å²) in [5.74, 6) is 0.995. The lowest BCUT2D eigenvalue weighted by Gasteiger charge is -2.37. The van der Waals surface area contributed by atoms with Crippen molar-refractivity contribution in [1.82, 2.24) is 9.80 Å². The summed E-state index contributed by atoms with van der Waals surface area (Å²) in [4.78, 5) is 6.07. The van der Waals surface area contributed by atoms with Gasteiger partial charge in [-0.3, -0.25) is 4.90 Å². The van der Waals surface area contributed by atoms with Crippen molar-refractivity contribution in [1.29, 1.82) is 5.26 Å². The largest absolute Gasteiger partial charge is 0.492 e. The van der Waals surface area contributed by atoms with E-state index in [4.69, 9.17) is 4.74 Å². The number of ether oxygens (including phenoxy) is 1. The zero-order valence-corrected chi connectivity index (χ0v) is 18.8. The van der Waals surface area contributed by atoms with Crippen LogP contribution in [0.2, 0.25) is 0 Å². The third-order valence-electron chi connectivity index (χ3n) is 6.11. The minimum atomic E-state index is -1.04.